The van der Waals surface area contributed by atoms with Crippen molar-refractivity contribution < 1.29 is 13.2 Å². The summed E-state index contributed by atoms with van der Waals surface area (Å²) in [6, 6.07) is 7.18. The number of nitrogens with one attached hydrogen (secondary N) is 1. The summed E-state index contributed by atoms with van der Waals surface area (Å²) in [5, 5.41) is 3.75. The molecule has 0 spiro atoms. The summed E-state index contributed by atoms with van der Waals surface area (Å²) >= 11 is 6.15. The van der Waals surface area contributed by atoms with E-state index in [2.05, 4.69) is 5.32 Å². The molecule has 6 heteroatoms. The van der Waals surface area contributed by atoms with Crippen LogP contribution in [0.2, 0.25) is 5.02 Å². The Bertz CT molecular complexity index is 435. The summed E-state index contributed by atoms with van der Waals surface area (Å²) in [5.74, 6) is 0. The van der Waals surface area contributed by atoms with Gasteiger partial charge in [0.2, 0.25) is 0 Å². The fourth-order valence-electron chi connectivity index (χ4n) is 2.26. The molecule has 120 valence electrons. The first-order valence-electron chi connectivity index (χ1n) is 6.97. The Kier molecular flexibility index (Phi) is 6.97. The molecule has 0 radical (unpaired) electrons. The van der Waals surface area contributed by atoms with Crippen molar-refractivity contribution >= 4 is 11.6 Å². The molecule has 0 aromatic heterocycles. The molecule has 1 unspecified atom stereocenters. The number of hydrogen-bond acceptors (Lipinski definition) is 2. The summed E-state index contributed by atoms with van der Waals surface area (Å²) in [4.78, 5) is 1.43. The average Bonchev–Trinajstić information content (AvgIpc) is 2.38. The molecule has 1 aromatic rings. The largest absolute Gasteiger partial charge is 0.401 e. The zero-order valence-corrected chi connectivity index (χ0v) is 13.3. The lowest BCUT2D eigenvalue weighted by atomic mass is 10.0. The summed E-state index contributed by atoms with van der Waals surface area (Å²) in [6.45, 7) is 3.02. The monoisotopic (exact) mass is 322 g/mol. The van der Waals surface area contributed by atoms with Gasteiger partial charge in [-0.1, -0.05) is 29.8 Å². The summed E-state index contributed by atoms with van der Waals surface area (Å²) in [7, 11) is 1.79. The highest BCUT2D eigenvalue weighted by atomic mass is 35.5. The quantitative estimate of drug-likeness (QED) is 0.806. The predicted molar refractivity (Wildman–Crippen MR) is 80.6 cm³/mol. The fraction of sp³-hybridized carbons (Fsp3) is 0.600. The molecule has 0 aliphatic rings. The Morgan fingerprint density at radius 3 is 2.33 bits per heavy atom. The van der Waals surface area contributed by atoms with E-state index in [1.165, 1.54) is 4.90 Å². The van der Waals surface area contributed by atoms with Crippen LogP contribution in [0.3, 0.4) is 0 Å². The van der Waals surface area contributed by atoms with Crippen molar-refractivity contribution in [1.29, 1.82) is 0 Å². The summed E-state index contributed by atoms with van der Waals surface area (Å²) < 4.78 is 37.7. The molecule has 1 atom stereocenters. The molecule has 2 nitrogen and oxygen atoms in total. The smallest absolute Gasteiger partial charge is 0.313 e. The van der Waals surface area contributed by atoms with E-state index in [0.29, 0.717) is 18.0 Å². The minimum atomic E-state index is -4.18. The van der Waals surface area contributed by atoms with Crippen molar-refractivity contribution in [3.63, 3.8) is 0 Å². The van der Waals surface area contributed by atoms with E-state index >= 15 is 0 Å². The van der Waals surface area contributed by atoms with Gasteiger partial charge in [0.15, 0.2) is 0 Å². The Balaban J connectivity index is 2.71. The standard InChI is InChI=1S/C15H22ClF3N2/c1-11(2)21(10-15(17,18)19)9-8-14(20-3)12-6-4-5-7-13(12)16/h4-7,11,14,20H,8-10H2,1-3H3. The van der Waals surface area contributed by atoms with Crippen LogP contribution in [0, 0.1) is 0 Å². The number of benzene rings is 1. The van der Waals surface area contributed by atoms with Crippen LogP contribution in [-0.2, 0) is 0 Å². The topological polar surface area (TPSA) is 15.3 Å². The number of rotatable bonds is 7. The molecule has 0 fully saturated rings. The van der Waals surface area contributed by atoms with E-state index in [1.54, 1.807) is 27.0 Å². The van der Waals surface area contributed by atoms with Gasteiger partial charge in [0.05, 0.1) is 6.54 Å². The lowest BCUT2D eigenvalue weighted by molar-refractivity contribution is -0.149. The lowest BCUT2D eigenvalue weighted by Gasteiger charge is -2.29. The molecular weight excluding hydrogens is 301 g/mol. The Labute approximate surface area is 129 Å². The van der Waals surface area contributed by atoms with Crippen LogP contribution in [0.5, 0.6) is 0 Å². The molecule has 1 rings (SSSR count). The normalized spacial score (nSPS) is 14.0. The third-order valence-electron chi connectivity index (χ3n) is 3.45. The van der Waals surface area contributed by atoms with E-state index in [0.717, 1.165) is 5.56 Å². The molecule has 1 aromatic carbocycles. The highest BCUT2D eigenvalue weighted by Gasteiger charge is 2.31. The second-order valence-electron chi connectivity index (χ2n) is 5.33. The van der Waals surface area contributed by atoms with Gasteiger partial charge in [-0.25, -0.2) is 0 Å². The summed E-state index contributed by atoms with van der Waals surface area (Å²) in [5.41, 5.74) is 0.914. The number of halogens is 4. The van der Waals surface area contributed by atoms with Gasteiger partial charge in [-0.15, -0.1) is 0 Å². The fourth-order valence-corrected chi connectivity index (χ4v) is 2.53. The third-order valence-corrected chi connectivity index (χ3v) is 3.79. The van der Waals surface area contributed by atoms with Crippen molar-refractivity contribution in [3.05, 3.63) is 34.9 Å². The average molecular weight is 323 g/mol. The first kappa shape index (κ1) is 18.3. The SMILES string of the molecule is CNC(CCN(CC(F)(F)F)C(C)C)c1ccccc1Cl. The molecule has 1 N–H and O–H groups in total. The van der Waals surface area contributed by atoms with E-state index in [9.17, 15) is 13.2 Å². The van der Waals surface area contributed by atoms with Crippen molar-refractivity contribution in [1.82, 2.24) is 10.2 Å². The molecule has 0 amide bonds. The van der Waals surface area contributed by atoms with Gasteiger partial charge in [-0.2, -0.15) is 13.2 Å². The molecule has 0 heterocycles. The van der Waals surface area contributed by atoms with Crippen LogP contribution < -0.4 is 5.32 Å². The van der Waals surface area contributed by atoms with Gasteiger partial charge in [0.1, 0.15) is 0 Å². The minimum absolute atomic E-state index is 0.0619. The minimum Gasteiger partial charge on any atom is -0.313 e. The van der Waals surface area contributed by atoms with Gasteiger partial charge in [0, 0.05) is 23.7 Å². The molecule has 0 bridgehead atoms. The molecule has 0 saturated heterocycles. The van der Waals surface area contributed by atoms with Crippen LogP contribution in [0.1, 0.15) is 31.9 Å². The van der Waals surface area contributed by atoms with Crippen LogP contribution in [-0.4, -0.2) is 37.3 Å². The molecule has 0 saturated carbocycles. The second kappa shape index (κ2) is 8.01. The van der Waals surface area contributed by atoms with E-state index in [4.69, 9.17) is 11.6 Å². The van der Waals surface area contributed by atoms with E-state index < -0.39 is 12.7 Å². The van der Waals surface area contributed by atoms with Crippen LogP contribution in [0.15, 0.2) is 24.3 Å². The lowest BCUT2D eigenvalue weighted by Crippen LogP contribution is -2.40. The molecular formula is C15H22ClF3N2. The van der Waals surface area contributed by atoms with Gasteiger partial charge < -0.3 is 5.32 Å². The zero-order valence-electron chi connectivity index (χ0n) is 12.5. The van der Waals surface area contributed by atoms with Crippen molar-refractivity contribution in [2.75, 3.05) is 20.1 Å². The van der Waals surface area contributed by atoms with Crippen molar-refractivity contribution in [2.45, 2.75) is 38.5 Å². The number of hydrogen-bond donors (Lipinski definition) is 1. The highest BCUT2D eigenvalue weighted by molar-refractivity contribution is 6.31. The molecule has 0 aliphatic carbocycles. The van der Waals surface area contributed by atoms with Gasteiger partial charge in [-0.05, 0) is 38.9 Å². The maximum Gasteiger partial charge on any atom is 0.401 e. The van der Waals surface area contributed by atoms with E-state index in [-0.39, 0.29) is 12.1 Å². The van der Waals surface area contributed by atoms with E-state index in [1.807, 2.05) is 18.2 Å². The van der Waals surface area contributed by atoms with Gasteiger partial charge >= 0.3 is 6.18 Å². The predicted octanol–water partition coefficient (Wildman–Crippen LogP) is 4.26. The summed E-state index contributed by atoms with van der Waals surface area (Å²) in [6.07, 6.45) is -3.61. The Morgan fingerprint density at radius 2 is 1.86 bits per heavy atom. The first-order chi connectivity index (χ1) is 9.74. The third kappa shape index (κ3) is 6.24. The highest BCUT2D eigenvalue weighted by Crippen LogP contribution is 2.26. The van der Waals surface area contributed by atoms with Crippen molar-refractivity contribution in [2.24, 2.45) is 0 Å². The van der Waals surface area contributed by atoms with Crippen LogP contribution in [0.4, 0.5) is 13.2 Å². The maximum absolute atomic E-state index is 12.6. The zero-order chi connectivity index (χ0) is 16.0. The second-order valence-corrected chi connectivity index (χ2v) is 5.74. The molecule has 0 aliphatic heterocycles. The Morgan fingerprint density at radius 1 is 1.24 bits per heavy atom. The number of alkyl halides is 3. The van der Waals surface area contributed by atoms with Crippen LogP contribution in [0.25, 0.3) is 0 Å². The first-order valence-corrected chi connectivity index (χ1v) is 7.35. The van der Waals surface area contributed by atoms with Crippen LogP contribution >= 0.6 is 11.6 Å². The molecule has 21 heavy (non-hydrogen) atoms. The van der Waals surface area contributed by atoms with Crippen molar-refractivity contribution in [3.8, 4) is 0 Å². The van der Waals surface area contributed by atoms with Gasteiger partial charge in [-0.3, -0.25) is 4.90 Å². The Hall–Kier alpha value is -0.780. The maximum atomic E-state index is 12.6. The number of nitrogens with zero attached hydrogens (tertiary/aromatic N) is 1. The van der Waals surface area contributed by atoms with Gasteiger partial charge in [0.25, 0.3) is 0 Å².